The van der Waals surface area contributed by atoms with E-state index in [-0.39, 0.29) is 23.9 Å². The second kappa shape index (κ2) is 8.63. The average molecular weight is 318 g/mol. The number of hydrogen-bond acceptors (Lipinski definition) is 3. The highest BCUT2D eigenvalue weighted by molar-refractivity contribution is 5.80. The normalized spacial score (nSPS) is 10.7. The van der Waals surface area contributed by atoms with Crippen LogP contribution in [-0.4, -0.2) is 25.3 Å². The number of oxime groups is 1. The van der Waals surface area contributed by atoms with Crippen LogP contribution in [0, 0.1) is 11.6 Å². The first-order valence-corrected chi connectivity index (χ1v) is 7.06. The topological polar surface area (TPSA) is 50.7 Å². The first kappa shape index (κ1) is 16.6. The molecule has 2 aromatic carbocycles. The lowest BCUT2D eigenvalue weighted by Crippen LogP contribution is -2.28. The van der Waals surface area contributed by atoms with Crippen LogP contribution < -0.4 is 5.32 Å². The molecule has 0 saturated heterocycles. The summed E-state index contributed by atoms with van der Waals surface area (Å²) in [7, 11) is 0. The molecule has 0 spiro atoms. The van der Waals surface area contributed by atoms with Crippen molar-refractivity contribution in [2.45, 2.75) is 6.42 Å². The Hall–Kier alpha value is -2.76. The molecule has 0 aromatic heterocycles. The summed E-state index contributed by atoms with van der Waals surface area (Å²) < 4.78 is 26.0. The summed E-state index contributed by atoms with van der Waals surface area (Å²) >= 11 is 0. The Morgan fingerprint density at radius 3 is 2.61 bits per heavy atom. The monoisotopic (exact) mass is 318 g/mol. The molecule has 0 aliphatic rings. The summed E-state index contributed by atoms with van der Waals surface area (Å²) in [6.45, 7) is 0.152. The molecule has 0 radical (unpaired) electrons. The van der Waals surface area contributed by atoms with Crippen molar-refractivity contribution in [1.82, 2.24) is 5.32 Å². The summed E-state index contributed by atoms with van der Waals surface area (Å²) in [5.74, 6) is -1.04. The fraction of sp³-hybridized carbons (Fsp3) is 0.176. The van der Waals surface area contributed by atoms with E-state index in [2.05, 4.69) is 10.5 Å². The minimum Gasteiger partial charge on any atom is -0.386 e. The molecule has 0 aliphatic carbocycles. The number of rotatable bonds is 7. The van der Waals surface area contributed by atoms with Crippen molar-refractivity contribution in [2.75, 3.05) is 13.2 Å². The van der Waals surface area contributed by atoms with E-state index >= 15 is 0 Å². The summed E-state index contributed by atoms with van der Waals surface area (Å²) in [6.07, 6.45) is 1.80. The Balaban J connectivity index is 1.65. The highest BCUT2D eigenvalue weighted by atomic mass is 19.1. The van der Waals surface area contributed by atoms with E-state index in [9.17, 15) is 13.6 Å². The molecule has 2 rings (SSSR count). The summed E-state index contributed by atoms with van der Waals surface area (Å²) in [6, 6.07) is 12.2. The first-order valence-electron chi connectivity index (χ1n) is 7.06. The van der Waals surface area contributed by atoms with Gasteiger partial charge in [-0.25, -0.2) is 8.78 Å². The van der Waals surface area contributed by atoms with Gasteiger partial charge in [0.1, 0.15) is 11.6 Å². The van der Waals surface area contributed by atoms with E-state index in [1.807, 2.05) is 0 Å². The molecule has 0 fully saturated rings. The molecule has 0 aliphatic heterocycles. The Kier molecular flexibility index (Phi) is 6.23. The Morgan fingerprint density at radius 2 is 1.87 bits per heavy atom. The summed E-state index contributed by atoms with van der Waals surface area (Å²) in [5.41, 5.74) is 1.20. The van der Waals surface area contributed by atoms with Gasteiger partial charge in [0.25, 0.3) is 5.91 Å². The van der Waals surface area contributed by atoms with Crippen LogP contribution in [0.15, 0.2) is 53.7 Å². The Bertz CT molecular complexity index is 673. The van der Waals surface area contributed by atoms with E-state index < -0.39 is 5.82 Å². The van der Waals surface area contributed by atoms with E-state index in [0.29, 0.717) is 13.0 Å². The standard InChI is InChI=1S/C17H16F2N2O2/c18-15-7-5-13(6-8-15)9-10-20-17(22)12-23-21-11-14-3-1-2-4-16(14)19/h1-8,11H,9-10,12H2,(H,20,22)/b21-11-. The second-order valence-corrected chi connectivity index (χ2v) is 4.76. The van der Waals surface area contributed by atoms with Crippen LogP contribution in [0.25, 0.3) is 0 Å². The Morgan fingerprint density at radius 1 is 1.13 bits per heavy atom. The molecular weight excluding hydrogens is 302 g/mol. The van der Waals surface area contributed by atoms with Crippen molar-refractivity contribution in [3.8, 4) is 0 Å². The van der Waals surface area contributed by atoms with E-state index in [1.54, 1.807) is 30.3 Å². The zero-order valence-electron chi connectivity index (χ0n) is 12.3. The number of benzene rings is 2. The number of halogens is 2. The van der Waals surface area contributed by atoms with Crippen molar-refractivity contribution in [3.63, 3.8) is 0 Å². The number of nitrogens with zero attached hydrogens (tertiary/aromatic N) is 1. The number of carbonyl (C=O) groups is 1. The molecule has 23 heavy (non-hydrogen) atoms. The van der Waals surface area contributed by atoms with Gasteiger partial charge in [-0.3, -0.25) is 4.79 Å². The van der Waals surface area contributed by atoms with Crippen molar-refractivity contribution in [1.29, 1.82) is 0 Å². The molecule has 2 aromatic rings. The zero-order valence-corrected chi connectivity index (χ0v) is 12.3. The van der Waals surface area contributed by atoms with Crippen molar-refractivity contribution in [2.24, 2.45) is 5.16 Å². The SMILES string of the molecule is O=C(CO/N=C\c1ccccc1F)NCCc1ccc(F)cc1. The maximum absolute atomic E-state index is 13.3. The maximum Gasteiger partial charge on any atom is 0.260 e. The van der Waals surface area contributed by atoms with Crippen LogP contribution in [-0.2, 0) is 16.1 Å². The largest absolute Gasteiger partial charge is 0.386 e. The fourth-order valence-electron chi connectivity index (χ4n) is 1.82. The lowest BCUT2D eigenvalue weighted by Gasteiger charge is -2.04. The van der Waals surface area contributed by atoms with Gasteiger partial charge in [-0.15, -0.1) is 0 Å². The average Bonchev–Trinajstić information content (AvgIpc) is 2.55. The van der Waals surface area contributed by atoms with Crippen LogP contribution in [0.2, 0.25) is 0 Å². The summed E-state index contributed by atoms with van der Waals surface area (Å²) in [4.78, 5) is 16.3. The van der Waals surface area contributed by atoms with Gasteiger partial charge in [0, 0.05) is 12.1 Å². The third-order valence-corrected chi connectivity index (χ3v) is 3.02. The molecular formula is C17H16F2N2O2. The van der Waals surface area contributed by atoms with Gasteiger partial charge in [-0.05, 0) is 30.2 Å². The molecule has 120 valence electrons. The van der Waals surface area contributed by atoms with E-state index in [1.165, 1.54) is 24.4 Å². The smallest absolute Gasteiger partial charge is 0.260 e. The van der Waals surface area contributed by atoms with Gasteiger partial charge < -0.3 is 10.2 Å². The van der Waals surface area contributed by atoms with E-state index in [0.717, 1.165) is 5.56 Å². The lowest BCUT2D eigenvalue weighted by atomic mass is 10.1. The molecule has 1 N–H and O–H groups in total. The highest BCUT2D eigenvalue weighted by Gasteiger charge is 2.02. The van der Waals surface area contributed by atoms with Crippen LogP contribution >= 0.6 is 0 Å². The lowest BCUT2D eigenvalue weighted by molar-refractivity contribution is -0.125. The van der Waals surface area contributed by atoms with Crippen LogP contribution in [0.5, 0.6) is 0 Å². The quantitative estimate of drug-likeness (QED) is 0.630. The number of hydrogen-bond donors (Lipinski definition) is 1. The molecule has 0 unspecified atom stereocenters. The van der Waals surface area contributed by atoms with E-state index in [4.69, 9.17) is 4.84 Å². The second-order valence-electron chi connectivity index (χ2n) is 4.76. The maximum atomic E-state index is 13.3. The molecule has 1 amide bonds. The zero-order chi connectivity index (χ0) is 16.5. The van der Waals surface area contributed by atoms with Crippen LogP contribution in [0.3, 0.4) is 0 Å². The molecule has 0 heterocycles. The van der Waals surface area contributed by atoms with Gasteiger partial charge in [-0.1, -0.05) is 35.5 Å². The van der Waals surface area contributed by atoms with Crippen molar-refractivity contribution in [3.05, 3.63) is 71.3 Å². The van der Waals surface area contributed by atoms with Gasteiger partial charge in [0.05, 0.1) is 6.21 Å². The number of nitrogens with one attached hydrogen (secondary N) is 1. The van der Waals surface area contributed by atoms with Crippen LogP contribution in [0.1, 0.15) is 11.1 Å². The first-order chi connectivity index (χ1) is 11.1. The molecule has 0 saturated carbocycles. The Labute approximate surface area is 132 Å². The van der Waals surface area contributed by atoms with Crippen molar-refractivity contribution >= 4 is 12.1 Å². The third kappa shape index (κ3) is 5.86. The molecule has 0 bridgehead atoms. The molecule has 0 atom stereocenters. The highest BCUT2D eigenvalue weighted by Crippen LogP contribution is 2.03. The molecule has 6 heteroatoms. The van der Waals surface area contributed by atoms with Gasteiger partial charge in [0.15, 0.2) is 6.61 Å². The minimum atomic E-state index is -0.413. The number of amides is 1. The minimum absolute atomic E-state index is 0.256. The van der Waals surface area contributed by atoms with Crippen LogP contribution in [0.4, 0.5) is 8.78 Å². The van der Waals surface area contributed by atoms with Gasteiger partial charge in [0.2, 0.25) is 0 Å². The third-order valence-electron chi connectivity index (χ3n) is 3.02. The fourth-order valence-corrected chi connectivity index (χ4v) is 1.82. The van der Waals surface area contributed by atoms with Crippen molar-refractivity contribution < 1.29 is 18.4 Å². The predicted molar refractivity (Wildman–Crippen MR) is 83.1 cm³/mol. The van der Waals surface area contributed by atoms with Gasteiger partial charge >= 0.3 is 0 Å². The number of carbonyl (C=O) groups excluding carboxylic acids is 1. The predicted octanol–water partition coefficient (Wildman–Crippen LogP) is 2.67. The van der Waals surface area contributed by atoms with Gasteiger partial charge in [-0.2, -0.15) is 0 Å². The summed E-state index contributed by atoms with van der Waals surface area (Å²) in [5, 5.41) is 6.20. The molecule has 4 nitrogen and oxygen atoms in total.